The van der Waals surface area contributed by atoms with Crippen LogP contribution in [0.15, 0.2) is 54.6 Å². The molecule has 4 N–H and O–H groups in total. The normalized spacial score (nSPS) is 12.6. The number of rotatable bonds is 9. The summed E-state index contributed by atoms with van der Waals surface area (Å²) in [6.45, 7) is 1.86. The van der Waals surface area contributed by atoms with Crippen LogP contribution in [0, 0.1) is 5.82 Å². The Balaban J connectivity index is 1.81. The van der Waals surface area contributed by atoms with E-state index in [1.165, 1.54) is 24.3 Å². The summed E-state index contributed by atoms with van der Waals surface area (Å²) >= 11 is 0. The van der Waals surface area contributed by atoms with Gasteiger partial charge in [0.2, 0.25) is 17.7 Å². The van der Waals surface area contributed by atoms with E-state index in [0.717, 1.165) is 5.56 Å². The molecule has 0 aliphatic rings. The van der Waals surface area contributed by atoms with E-state index >= 15 is 0 Å². The van der Waals surface area contributed by atoms with E-state index < -0.39 is 17.9 Å². The van der Waals surface area contributed by atoms with Gasteiger partial charge in [0.15, 0.2) is 0 Å². The summed E-state index contributed by atoms with van der Waals surface area (Å²) in [6.07, 6.45) is 0.0736. The van der Waals surface area contributed by atoms with Crippen LogP contribution in [0.4, 0.5) is 4.39 Å². The van der Waals surface area contributed by atoms with Gasteiger partial charge in [-0.15, -0.1) is 0 Å². The van der Waals surface area contributed by atoms with E-state index in [-0.39, 0.29) is 37.0 Å². The summed E-state index contributed by atoms with van der Waals surface area (Å²) in [5.74, 6) is -1.80. The van der Waals surface area contributed by atoms with Gasteiger partial charge in [-0.2, -0.15) is 0 Å². The number of halogens is 1. The number of primary amides is 1. The van der Waals surface area contributed by atoms with Crippen LogP contribution in [0.5, 0.6) is 0 Å². The average molecular weight is 385 g/mol. The van der Waals surface area contributed by atoms with Crippen molar-refractivity contribution in [2.24, 2.45) is 5.73 Å². The van der Waals surface area contributed by atoms with E-state index in [1.807, 2.05) is 37.3 Å². The van der Waals surface area contributed by atoms with Crippen LogP contribution in [0.1, 0.15) is 36.9 Å². The minimum Gasteiger partial charge on any atom is -0.368 e. The van der Waals surface area contributed by atoms with Gasteiger partial charge in [0.25, 0.3) is 0 Å². The average Bonchev–Trinajstić information content (AvgIpc) is 2.68. The van der Waals surface area contributed by atoms with Gasteiger partial charge in [0.05, 0.1) is 6.04 Å². The van der Waals surface area contributed by atoms with Crippen molar-refractivity contribution in [3.63, 3.8) is 0 Å². The highest BCUT2D eigenvalue weighted by molar-refractivity contribution is 5.88. The number of hydrogen-bond donors (Lipinski definition) is 3. The van der Waals surface area contributed by atoms with Gasteiger partial charge < -0.3 is 16.4 Å². The lowest BCUT2D eigenvalue weighted by Gasteiger charge is -2.16. The smallest absolute Gasteiger partial charge is 0.240 e. The first-order chi connectivity index (χ1) is 13.3. The Bertz CT molecular complexity index is 809. The molecule has 0 fully saturated rings. The van der Waals surface area contributed by atoms with E-state index in [2.05, 4.69) is 10.6 Å². The number of nitrogens with two attached hydrogens (primary N) is 1. The van der Waals surface area contributed by atoms with Crippen LogP contribution in [0.25, 0.3) is 0 Å². The zero-order chi connectivity index (χ0) is 20.5. The third kappa shape index (κ3) is 6.83. The molecule has 148 valence electrons. The first-order valence-corrected chi connectivity index (χ1v) is 9.02. The molecule has 2 atom stereocenters. The third-order valence-electron chi connectivity index (χ3n) is 4.29. The first kappa shape index (κ1) is 21.1. The predicted octanol–water partition coefficient (Wildman–Crippen LogP) is 2.00. The summed E-state index contributed by atoms with van der Waals surface area (Å²) in [5.41, 5.74) is 6.97. The second-order valence-corrected chi connectivity index (χ2v) is 6.55. The molecule has 6 nitrogen and oxygen atoms in total. The van der Waals surface area contributed by atoms with Crippen molar-refractivity contribution in [2.75, 3.05) is 0 Å². The summed E-state index contributed by atoms with van der Waals surface area (Å²) in [5, 5.41) is 5.36. The molecule has 0 aromatic heterocycles. The summed E-state index contributed by atoms with van der Waals surface area (Å²) in [6, 6.07) is 14.0. The molecule has 7 heteroatoms. The lowest BCUT2D eigenvalue weighted by molar-refractivity contribution is -0.129. The van der Waals surface area contributed by atoms with Crippen molar-refractivity contribution >= 4 is 17.7 Å². The van der Waals surface area contributed by atoms with Gasteiger partial charge in [-0.3, -0.25) is 14.4 Å². The molecule has 0 bridgehead atoms. The Labute approximate surface area is 163 Å². The van der Waals surface area contributed by atoms with Crippen LogP contribution in [-0.4, -0.2) is 23.8 Å². The zero-order valence-corrected chi connectivity index (χ0v) is 15.7. The Morgan fingerprint density at radius 1 is 0.929 bits per heavy atom. The summed E-state index contributed by atoms with van der Waals surface area (Å²) in [7, 11) is 0. The van der Waals surface area contributed by atoms with Gasteiger partial charge in [0.1, 0.15) is 11.9 Å². The Morgan fingerprint density at radius 3 is 2.07 bits per heavy atom. The highest BCUT2D eigenvalue weighted by Crippen LogP contribution is 2.11. The highest BCUT2D eigenvalue weighted by atomic mass is 19.1. The van der Waals surface area contributed by atoms with Crippen LogP contribution >= 0.6 is 0 Å². The number of amides is 3. The molecule has 0 spiro atoms. The number of hydrogen-bond acceptors (Lipinski definition) is 3. The third-order valence-corrected chi connectivity index (χ3v) is 4.29. The lowest BCUT2D eigenvalue weighted by Crippen LogP contribution is -2.46. The standard InChI is InChI=1S/C21H24FN3O3/c1-14(16-5-3-2-4-6-16)24-19(26)11-12-20(27)25-18(21(23)28)13-15-7-9-17(22)10-8-15/h2-10,14,18H,11-13H2,1H3,(H2,23,28)(H,24,26)(H,25,27)/t14-,18-/m1/s1. The monoisotopic (exact) mass is 385 g/mol. The van der Waals surface area contributed by atoms with Gasteiger partial charge in [0, 0.05) is 19.3 Å². The maximum absolute atomic E-state index is 13.0. The molecule has 0 aliphatic heterocycles. The van der Waals surface area contributed by atoms with Crippen molar-refractivity contribution < 1.29 is 18.8 Å². The van der Waals surface area contributed by atoms with Crippen LogP contribution < -0.4 is 16.4 Å². The van der Waals surface area contributed by atoms with E-state index in [0.29, 0.717) is 5.56 Å². The maximum Gasteiger partial charge on any atom is 0.240 e. The highest BCUT2D eigenvalue weighted by Gasteiger charge is 2.19. The second kappa shape index (κ2) is 10.2. The first-order valence-electron chi connectivity index (χ1n) is 9.02. The van der Waals surface area contributed by atoms with E-state index in [4.69, 9.17) is 5.73 Å². The number of carbonyl (C=O) groups is 3. The molecule has 28 heavy (non-hydrogen) atoms. The molecule has 0 aliphatic carbocycles. The van der Waals surface area contributed by atoms with Crippen LogP contribution in [-0.2, 0) is 20.8 Å². The van der Waals surface area contributed by atoms with Crippen molar-refractivity contribution in [2.45, 2.75) is 38.3 Å². The molecule has 0 heterocycles. The fraction of sp³-hybridized carbons (Fsp3) is 0.286. The van der Waals surface area contributed by atoms with Crippen molar-refractivity contribution in [3.8, 4) is 0 Å². The Kier molecular flexibility index (Phi) is 7.68. The molecule has 0 saturated heterocycles. The number of nitrogens with one attached hydrogen (secondary N) is 2. The Hall–Kier alpha value is -3.22. The zero-order valence-electron chi connectivity index (χ0n) is 15.7. The van der Waals surface area contributed by atoms with Gasteiger partial charge in [-0.05, 0) is 30.2 Å². The van der Waals surface area contributed by atoms with Crippen molar-refractivity contribution in [1.29, 1.82) is 0 Å². The molecule has 0 radical (unpaired) electrons. The van der Waals surface area contributed by atoms with Crippen molar-refractivity contribution in [1.82, 2.24) is 10.6 Å². The SMILES string of the molecule is C[C@@H](NC(=O)CCC(=O)N[C@H](Cc1ccc(F)cc1)C(N)=O)c1ccccc1. The summed E-state index contributed by atoms with van der Waals surface area (Å²) < 4.78 is 13.0. The molecule has 2 aromatic carbocycles. The predicted molar refractivity (Wildman–Crippen MR) is 103 cm³/mol. The lowest BCUT2D eigenvalue weighted by atomic mass is 10.0. The fourth-order valence-electron chi connectivity index (χ4n) is 2.71. The van der Waals surface area contributed by atoms with Crippen LogP contribution in [0.3, 0.4) is 0 Å². The quantitative estimate of drug-likeness (QED) is 0.615. The molecule has 3 amide bonds. The van der Waals surface area contributed by atoms with Crippen molar-refractivity contribution in [3.05, 3.63) is 71.5 Å². The maximum atomic E-state index is 13.0. The minimum atomic E-state index is -0.927. The Morgan fingerprint density at radius 2 is 1.50 bits per heavy atom. The fourth-order valence-corrected chi connectivity index (χ4v) is 2.71. The largest absolute Gasteiger partial charge is 0.368 e. The molecule has 2 rings (SSSR count). The number of carbonyl (C=O) groups excluding carboxylic acids is 3. The minimum absolute atomic E-state index is 0.00889. The molecule has 0 saturated carbocycles. The molecular weight excluding hydrogens is 361 g/mol. The second-order valence-electron chi connectivity index (χ2n) is 6.55. The van der Waals surface area contributed by atoms with Gasteiger partial charge in [-0.1, -0.05) is 42.5 Å². The topological polar surface area (TPSA) is 101 Å². The van der Waals surface area contributed by atoms with Crippen LogP contribution in [0.2, 0.25) is 0 Å². The summed E-state index contributed by atoms with van der Waals surface area (Å²) in [4.78, 5) is 35.8. The molecule has 2 aromatic rings. The van der Waals surface area contributed by atoms with E-state index in [1.54, 1.807) is 0 Å². The van der Waals surface area contributed by atoms with E-state index in [9.17, 15) is 18.8 Å². The van der Waals surface area contributed by atoms with Gasteiger partial charge in [-0.25, -0.2) is 4.39 Å². The van der Waals surface area contributed by atoms with Gasteiger partial charge >= 0.3 is 0 Å². The molecule has 0 unspecified atom stereocenters. The molecular formula is C21H24FN3O3. The number of benzene rings is 2.